The monoisotopic (exact) mass is 233 g/mol. The summed E-state index contributed by atoms with van der Waals surface area (Å²) in [6.45, 7) is 0. The number of nitrogen functional groups attached to an aromatic ring is 1. The van der Waals surface area contributed by atoms with Gasteiger partial charge in [-0.3, -0.25) is 4.79 Å². The third-order valence-electron chi connectivity index (χ3n) is 2.24. The van der Waals surface area contributed by atoms with Crippen LogP contribution in [0.3, 0.4) is 0 Å². The maximum absolute atomic E-state index is 11.9. The molecule has 4 nitrogen and oxygen atoms in total. The summed E-state index contributed by atoms with van der Waals surface area (Å²) in [5, 5.41) is 1.73. The molecule has 5 heteroatoms. The van der Waals surface area contributed by atoms with Gasteiger partial charge in [-0.05, 0) is 24.3 Å². The maximum atomic E-state index is 11.9. The Morgan fingerprint density at radius 1 is 1.38 bits per heavy atom. The first-order valence-corrected chi connectivity index (χ1v) is 5.64. The zero-order valence-corrected chi connectivity index (χ0v) is 9.57. The van der Waals surface area contributed by atoms with Crippen molar-refractivity contribution in [2.24, 2.45) is 0 Å². The van der Waals surface area contributed by atoms with Crippen LogP contribution in [0.5, 0.6) is 0 Å². The summed E-state index contributed by atoms with van der Waals surface area (Å²) in [5.74, 6) is -0.119. The second-order valence-electron chi connectivity index (χ2n) is 3.33. The first-order chi connectivity index (χ1) is 7.68. The van der Waals surface area contributed by atoms with Crippen LogP contribution in [0.4, 0.5) is 11.4 Å². The molecule has 0 fully saturated rings. The van der Waals surface area contributed by atoms with Crippen LogP contribution in [0, 0.1) is 0 Å². The van der Waals surface area contributed by atoms with Gasteiger partial charge < -0.3 is 10.6 Å². The lowest BCUT2D eigenvalue weighted by Gasteiger charge is -2.15. The molecule has 1 amide bonds. The zero-order valence-electron chi connectivity index (χ0n) is 8.75. The molecule has 0 spiro atoms. The maximum Gasteiger partial charge on any atom is 0.277 e. The number of nitrogens with two attached hydrogens (primary N) is 1. The van der Waals surface area contributed by atoms with E-state index in [0.717, 1.165) is 5.69 Å². The number of carbonyl (C=O) groups excluding carboxylic acids is 1. The topological polar surface area (TPSA) is 59.2 Å². The molecule has 0 bridgehead atoms. The number of carbonyl (C=O) groups is 1. The normalized spacial score (nSPS) is 10.1. The van der Waals surface area contributed by atoms with E-state index in [-0.39, 0.29) is 5.91 Å². The van der Waals surface area contributed by atoms with Crippen molar-refractivity contribution in [3.05, 3.63) is 40.8 Å². The summed E-state index contributed by atoms with van der Waals surface area (Å²) in [4.78, 5) is 17.5. The molecule has 2 aromatic rings. The van der Waals surface area contributed by atoms with Crippen molar-refractivity contribution in [3.8, 4) is 0 Å². The van der Waals surface area contributed by atoms with Gasteiger partial charge >= 0.3 is 0 Å². The van der Waals surface area contributed by atoms with Crippen LogP contribution in [0.25, 0.3) is 0 Å². The van der Waals surface area contributed by atoms with Gasteiger partial charge in [-0.2, -0.15) is 0 Å². The third kappa shape index (κ3) is 2.04. The van der Waals surface area contributed by atoms with Crippen molar-refractivity contribution in [1.29, 1.82) is 0 Å². The fourth-order valence-electron chi connectivity index (χ4n) is 1.31. The molecule has 16 heavy (non-hydrogen) atoms. The highest BCUT2D eigenvalue weighted by molar-refractivity contribution is 7.07. The average molecular weight is 233 g/mol. The van der Waals surface area contributed by atoms with E-state index in [0.29, 0.717) is 11.4 Å². The van der Waals surface area contributed by atoms with Crippen LogP contribution < -0.4 is 10.6 Å². The molecule has 0 saturated heterocycles. The molecule has 1 heterocycles. The Morgan fingerprint density at radius 3 is 2.62 bits per heavy atom. The summed E-state index contributed by atoms with van der Waals surface area (Å²) < 4.78 is 0. The Bertz CT molecular complexity index is 478. The second kappa shape index (κ2) is 4.32. The van der Waals surface area contributed by atoms with Gasteiger partial charge in [-0.1, -0.05) is 0 Å². The van der Waals surface area contributed by atoms with Gasteiger partial charge in [0.05, 0.1) is 5.51 Å². The number of anilines is 2. The van der Waals surface area contributed by atoms with Gasteiger partial charge in [0.15, 0.2) is 0 Å². The minimum atomic E-state index is -0.119. The molecule has 0 aliphatic carbocycles. The second-order valence-corrected chi connectivity index (χ2v) is 4.05. The molecule has 82 valence electrons. The Morgan fingerprint density at radius 2 is 2.06 bits per heavy atom. The summed E-state index contributed by atoms with van der Waals surface area (Å²) >= 11 is 1.40. The van der Waals surface area contributed by atoms with E-state index in [4.69, 9.17) is 5.73 Å². The number of nitrogens with zero attached hydrogens (tertiary/aromatic N) is 2. The van der Waals surface area contributed by atoms with Crippen molar-refractivity contribution in [1.82, 2.24) is 4.98 Å². The molecule has 2 N–H and O–H groups in total. The molecule has 0 aliphatic heterocycles. The Hall–Kier alpha value is -1.88. The number of amides is 1. The lowest BCUT2D eigenvalue weighted by atomic mass is 10.2. The minimum Gasteiger partial charge on any atom is -0.399 e. The van der Waals surface area contributed by atoms with Crippen LogP contribution >= 0.6 is 11.3 Å². The highest BCUT2D eigenvalue weighted by Gasteiger charge is 2.14. The van der Waals surface area contributed by atoms with Gasteiger partial charge in [0.2, 0.25) is 0 Å². The Labute approximate surface area is 97.3 Å². The molecular weight excluding hydrogens is 222 g/mol. The fraction of sp³-hybridized carbons (Fsp3) is 0.0909. The molecular formula is C11H11N3OS. The fourth-order valence-corrected chi connectivity index (χ4v) is 1.83. The molecule has 0 aliphatic rings. The summed E-state index contributed by atoms with van der Waals surface area (Å²) in [6, 6.07) is 7.14. The summed E-state index contributed by atoms with van der Waals surface area (Å²) in [6.07, 6.45) is 0. The Balaban J connectivity index is 2.22. The predicted molar refractivity (Wildman–Crippen MR) is 65.7 cm³/mol. The third-order valence-corrected chi connectivity index (χ3v) is 2.82. The molecule has 2 rings (SSSR count). The zero-order chi connectivity index (χ0) is 11.5. The lowest BCUT2D eigenvalue weighted by Crippen LogP contribution is -2.26. The first-order valence-electron chi connectivity index (χ1n) is 4.70. The van der Waals surface area contributed by atoms with E-state index in [1.165, 1.54) is 11.3 Å². The molecule has 0 unspecified atom stereocenters. The van der Waals surface area contributed by atoms with Crippen molar-refractivity contribution >= 4 is 28.6 Å². The largest absolute Gasteiger partial charge is 0.399 e. The van der Waals surface area contributed by atoms with E-state index < -0.39 is 0 Å². The van der Waals surface area contributed by atoms with Crippen molar-refractivity contribution in [2.45, 2.75) is 0 Å². The van der Waals surface area contributed by atoms with Gasteiger partial charge in [0.1, 0.15) is 5.69 Å². The van der Waals surface area contributed by atoms with Gasteiger partial charge in [0.25, 0.3) is 5.91 Å². The van der Waals surface area contributed by atoms with E-state index in [9.17, 15) is 4.79 Å². The standard InChI is InChI=1S/C11H11N3OS/c1-14(9-4-2-8(12)3-5-9)11(15)10-6-16-7-13-10/h2-7H,12H2,1H3. The van der Waals surface area contributed by atoms with Gasteiger partial charge in [-0.15, -0.1) is 11.3 Å². The summed E-state index contributed by atoms with van der Waals surface area (Å²) in [7, 11) is 1.72. The van der Waals surface area contributed by atoms with E-state index >= 15 is 0 Å². The smallest absolute Gasteiger partial charge is 0.277 e. The van der Waals surface area contributed by atoms with Crippen LogP contribution in [0.2, 0.25) is 0 Å². The molecule has 0 saturated carbocycles. The molecule has 1 aromatic heterocycles. The highest BCUT2D eigenvalue weighted by atomic mass is 32.1. The van der Waals surface area contributed by atoms with Crippen LogP contribution in [0.15, 0.2) is 35.2 Å². The number of hydrogen-bond donors (Lipinski definition) is 1. The van der Waals surface area contributed by atoms with Crippen molar-refractivity contribution in [2.75, 3.05) is 17.7 Å². The number of thiazole rings is 1. The quantitative estimate of drug-likeness (QED) is 0.807. The number of aromatic nitrogens is 1. The highest BCUT2D eigenvalue weighted by Crippen LogP contribution is 2.17. The van der Waals surface area contributed by atoms with E-state index in [2.05, 4.69) is 4.98 Å². The number of hydrogen-bond acceptors (Lipinski definition) is 4. The van der Waals surface area contributed by atoms with Gasteiger partial charge in [-0.25, -0.2) is 4.98 Å². The van der Waals surface area contributed by atoms with Crippen molar-refractivity contribution < 1.29 is 4.79 Å². The Kier molecular flexibility index (Phi) is 2.87. The minimum absolute atomic E-state index is 0.119. The van der Waals surface area contributed by atoms with Crippen molar-refractivity contribution in [3.63, 3.8) is 0 Å². The van der Waals surface area contributed by atoms with Gasteiger partial charge in [0, 0.05) is 23.8 Å². The predicted octanol–water partition coefficient (Wildman–Crippen LogP) is 2.00. The molecule has 0 atom stereocenters. The number of benzene rings is 1. The van der Waals surface area contributed by atoms with Crippen LogP contribution in [0.1, 0.15) is 10.5 Å². The average Bonchev–Trinajstić information content (AvgIpc) is 2.81. The van der Waals surface area contributed by atoms with Crippen LogP contribution in [-0.4, -0.2) is 17.9 Å². The lowest BCUT2D eigenvalue weighted by molar-refractivity contribution is 0.0989. The SMILES string of the molecule is CN(C(=O)c1cscn1)c1ccc(N)cc1. The first kappa shape index (κ1) is 10.6. The summed E-state index contributed by atoms with van der Waals surface area (Å²) in [5.41, 5.74) is 9.17. The molecule has 0 radical (unpaired) electrons. The van der Waals surface area contributed by atoms with Crippen LogP contribution in [-0.2, 0) is 0 Å². The van der Waals surface area contributed by atoms with E-state index in [1.54, 1.807) is 47.1 Å². The molecule has 1 aromatic carbocycles. The number of rotatable bonds is 2. The van der Waals surface area contributed by atoms with E-state index in [1.807, 2.05) is 0 Å².